The summed E-state index contributed by atoms with van der Waals surface area (Å²) in [5, 5.41) is 20.6. The molecule has 9 heteroatoms. The van der Waals surface area contributed by atoms with Crippen LogP contribution in [-0.2, 0) is 19.0 Å². The number of rotatable bonds is 7. The number of aliphatic hydroxyl groups excluding tert-OH is 1. The van der Waals surface area contributed by atoms with E-state index in [0.717, 1.165) is 31.4 Å². The van der Waals surface area contributed by atoms with Gasteiger partial charge in [-0.25, -0.2) is 9.59 Å². The first-order valence-corrected chi connectivity index (χ1v) is 14.9. The summed E-state index contributed by atoms with van der Waals surface area (Å²) in [7, 11) is 4.41. The maximum absolute atomic E-state index is 11.1. The van der Waals surface area contributed by atoms with Crippen LogP contribution < -0.4 is 5.32 Å². The van der Waals surface area contributed by atoms with Crippen LogP contribution in [0.4, 0.5) is 5.69 Å². The number of para-hydroxylation sites is 2. The van der Waals surface area contributed by atoms with Crippen LogP contribution in [0.25, 0.3) is 0 Å². The molecule has 2 aromatic rings. The molecule has 3 rings (SSSR count). The minimum Gasteiger partial charge on any atom is -0.507 e. The van der Waals surface area contributed by atoms with Gasteiger partial charge in [0.2, 0.25) is 0 Å². The van der Waals surface area contributed by atoms with Crippen molar-refractivity contribution < 1.29 is 38.8 Å². The number of methoxy groups -OCH3 is 2. The zero-order valence-corrected chi connectivity index (χ0v) is 27.2. The second-order valence-electron chi connectivity index (χ2n) is 10.1. The van der Waals surface area contributed by atoms with Gasteiger partial charge in [-0.1, -0.05) is 66.8 Å². The van der Waals surface area contributed by atoms with E-state index in [1.807, 2.05) is 18.2 Å². The van der Waals surface area contributed by atoms with Gasteiger partial charge in [0.05, 0.1) is 33.0 Å². The molecular formula is C35H51NO8. The topological polar surface area (TPSA) is 131 Å². The number of allylic oxidation sites excluding steroid dienone is 3. The van der Waals surface area contributed by atoms with E-state index in [1.54, 1.807) is 31.3 Å². The number of benzene rings is 2. The SMILES string of the molecule is CC(C)=CCC/C(C)=C\CO.CNc1ccccc1C(=O)OC.COC(=O)c1ccccc1O.O=C1CCCCCCCO1. The smallest absolute Gasteiger partial charge is 0.341 e. The molecule has 1 aliphatic heterocycles. The molecule has 0 amide bonds. The molecule has 9 nitrogen and oxygen atoms in total. The summed E-state index contributed by atoms with van der Waals surface area (Å²) in [4.78, 5) is 32.7. The number of esters is 3. The molecule has 1 heterocycles. The van der Waals surface area contributed by atoms with E-state index in [-0.39, 0.29) is 29.9 Å². The Labute approximate surface area is 262 Å². The highest BCUT2D eigenvalue weighted by atomic mass is 16.5. The molecule has 3 N–H and O–H groups in total. The number of carbonyl (C=O) groups is 3. The van der Waals surface area contributed by atoms with E-state index in [4.69, 9.17) is 14.9 Å². The van der Waals surface area contributed by atoms with Crippen LogP contribution in [0.2, 0.25) is 0 Å². The Hall–Kier alpha value is -4.11. The number of anilines is 1. The minimum atomic E-state index is -0.525. The third-order valence-electron chi connectivity index (χ3n) is 6.23. The average molecular weight is 614 g/mol. The van der Waals surface area contributed by atoms with Crippen molar-refractivity contribution >= 4 is 23.6 Å². The number of hydrogen-bond donors (Lipinski definition) is 3. The Kier molecular flexibility index (Phi) is 23.0. The molecule has 1 fully saturated rings. The van der Waals surface area contributed by atoms with Crippen molar-refractivity contribution in [1.29, 1.82) is 0 Å². The van der Waals surface area contributed by atoms with Crippen molar-refractivity contribution in [2.75, 3.05) is 39.8 Å². The van der Waals surface area contributed by atoms with Gasteiger partial charge < -0.3 is 29.7 Å². The number of aromatic hydroxyl groups is 1. The van der Waals surface area contributed by atoms with E-state index < -0.39 is 5.97 Å². The number of carbonyl (C=O) groups excluding carboxylic acids is 3. The molecule has 0 radical (unpaired) electrons. The third-order valence-corrected chi connectivity index (χ3v) is 6.23. The van der Waals surface area contributed by atoms with Crippen molar-refractivity contribution in [3.05, 3.63) is 83.0 Å². The molecular weight excluding hydrogens is 562 g/mol. The second kappa shape index (κ2) is 25.4. The fraction of sp³-hybridized carbons (Fsp3) is 0.457. The van der Waals surface area contributed by atoms with Gasteiger partial charge in [-0.05, 0) is 70.7 Å². The van der Waals surface area contributed by atoms with Crippen LogP contribution in [0.15, 0.2) is 71.8 Å². The number of hydrogen-bond acceptors (Lipinski definition) is 9. The molecule has 2 aromatic carbocycles. The van der Waals surface area contributed by atoms with Gasteiger partial charge in [-0.15, -0.1) is 0 Å². The predicted molar refractivity (Wildman–Crippen MR) is 175 cm³/mol. The number of phenolic OH excluding ortho intramolecular Hbond substituents is 1. The monoisotopic (exact) mass is 613 g/mol. The quantitative estimate of drug-likeness (QED) is 0.168. The van der Waals surface area contributed by atoms with Gasteiger partial charge in [0.15, 0.2) is 0 Å². The van der Waals surface area contributed by atoms with Gasteiger partial charge in [-0.3, -0.25) is 4.79 Å². The lowest BCUT2D eigenvalue weighted by Crippen LogP contribution is -2.04. The van der Waals surface area contributed by atoms with Crippen LogP contribution in [0.1, 0.15) is 92.9 Å². The third kappa shape index (κ3) is 19.2. The summed E-state index contributed by atoms with van der Waals surface area (Å²) in [5.74, 6) is -0.913. The Bertz CT molecular complexity index is 1160. The Balaban J connectivity index is 0.000000561. The molecule has 0 saturated carbocycles. The molecule has 1 saturated heterocycles. The van der Waals surface area contributed by atoms with E-state index >= 15 is 0 Å². The zero-order chi connectivity index (χ0) is 33.2. The fourth-order valence-electron chi connectivity index (χ4n) is 3.75. The van der Waals surface area contributed by atoms with Gasteiger partial charge in [-0.2, -0.15) is 0 Å². The van der Waals surface area contributed by atoms with Gasteiger partial charge in [0, 0.05) is 19.2 Å². The highest BCUT2D eigenvalue weighted by Crippen LogP contribution is 2.16. The summed E-state index contributed by atoms with van der Waals surface area (Å²) in [6, 6.07) is 13.4. The number of phenols is 1. The highest BCUT2D eigenvalue weighted by molar-refractivity contribution is 5.95. The summed E-state index contributed by atoms with van der Waals surface area (Å²) in [6.45, 7) is 7.06. The van der Waals surface area contributed by atoms with Crippen molar-refractivity contribution in [1.82, 2.24) is 0 Å². The van der Waals surface area contributed by atoms with E-state index in [0.29, 0.717) is 18.6 Å². The summed E-state index contributed by atoms with van der Waals surface area (Å²) in [6.07, 6.45) is 12.6. The molecule has 0 spiro atoms. The molecule has 44 heavy (non-hydrogen) atoms. The molecule has 0 aromatic heterocycles. The predicted octanol–water partition coefficient (Wildman–Crippen LogP) is 7.25. The first-order chi connectivity index (χ1) is 21.1. The van der Waals surface area contributed by atoms with E-state index in [1.165, 1.54) is 56.8 Å². The first kappa shape index (κ1) is 39.9. The minimum absolute atomic E-state index is 0.0121. The Morgan fingerprint density at radius 3 is 2.02 bits per heavy atom. The number of cyclic esters (lactones) is 1. The molecule has 1 aliphatic rings. The maximum atomic E-state index is 11.1. The van der Waals surface area contributed by atoms with Crippen molar-refractivity contribution in [2.24, 2.45) is 0 Å². The largest absolute Gasteiger partial charge is 0.507 e. The van der Waals surface area contributed by atoms with Gasteiger partial charge in [0.1, 0.15) is 11.3 Å². The number of aliphatic hydroxyl groups is 1. The number of nitrogens with one attached hydrogen (secondary N) is 1. The standard InChI is InChI=1S/C10H18O.C9H11NO2.C8H8O3.C8H14O2/c1-9(2)5-4-6-10(3)7-8-11;1-10-8-6-4-3-5-7(8)9(11)12-2;1-11-8(10)6-4-2-3-5-7(6)9;9-8-6-4-2-1-3-5-7-10-8/h5,7,11H,4,6,8H2,1-3H3;3-6,10H,1-2H3;2-5,9H,1H3;1-7H2/b10-7-;;;. The first-order valence-electron chi connectivity index (χ1n) is 14.9. The molecule has 244 valence electrons. The van der Waals surface area contributed by atoms with Crippen molar-refractivity contribution in [2.45, 2.75) is 72.1 Å². The van der Waals surface area contributed by atoms with Crippen molar-refractivity contribution in [3.8, 4) is 5.75 Å². The zero-order valence-electron chi connectivity index (χ0n) is 27.2. The lowest BCUT2D eigenvalue weighted by Gasteiger charge is -2.05. The van der Waals surface area contributed by atoms with E-state index in [9.17, 15) is 14.4 Å². The van der Waals surface area contributed by atoms with Crippen LogP contribution in [0.5, 0.6) is 5.75 Å². The second-order valence-corrected chi connectivity index (χ2v) is 10.1. The van der Waals surface area contributed by atoms with Gasteiger partial charge >= 0.3 is 17.9 Å². The van der Waals surface area contributed by atoms with Crippen molar-refractivity contribution in [3.63, 3.8) is 0 Å². The maximum Gasteiger partial charge on any atom is 0.341 e. The fourth-order valence-corrected chi connectivity index (χ4v) is 3.75. The normalized spacial score (nSPS) is 12.7. The number of ether oxygens (including phenoxy) is 3. The summed E-state index contributed by atoms with van der Waals surface area (Å²) < 4.78 is 13.9. The lowest BCUT2D eigenvalue weighted by atomic mass is 10.1. The molecule has 0 atom stereocenters. The summed E-state index contributed by atoms with van der Waals surface area (Å²) >= 11 is 0. The van der Waals surface area contributed by atoms with Crippen LogP contribution in [-0.4, -0.2) is 62.6 Å². The lowest BCUT2D eigenvalue weighted by molar-refractivity contribution is -0.143. The Morgan fingerprint density at radius 2 is 1.43 bits per heavy atom. The van der Waals surface area contributed by atoms with Crippen LogP contribution in [0, 0.1) is 0 Å². The van der Waals surface area contributed by atoms with E-state index in [2.05, 4.69) is 41.6 Å². The molecule has 0 bridgehead atoms. The molecule has 0 aliphatic carbocycles. The summed E-state index contributed by atoms with van der Waals surface area (Å²) in [5.41, 5.74) is 4.16. The highest BCUT2D eigenvalue weighted by Gasteiger charge is 2.09. The Morgan fingerprint density at radius 1 is 0.864 bits per heavy atom. The van der Waals surface area contributed by atoms with Gasteiger partial charge in [0.25, 0.3) is 0 Å². The van der Waals surface area contributed by atoms with Crippen LogP contribution in [0.3, 0.4) is 0 Å². The average Bonchev–Trinajstić information content (AvgIpc) is 3.15. The van der Waals surface area contributed by atoms with Crippen LogP contribution >= 0.6 is 0 Å². The molecule has 0 unspecified atom stereocenters.